The molecule has 4 heteroatoms. The van der Waals surface area contributed by atoms with Gasteiger partial charge in [-0.2, -0.15) is 4.98 Å². The van der Waals surface area contributed by atoms with Crippen LogP contribution >= 0.6 is 0 Å². The van der Waals surface area contributed by atoms with Crippen LogP contribution in [0.2, 0.25) is 0 Å². The highest BCUT2D eigenvalue weighted by molar-refractivity contribution is 5.86. The number of hydrogen-bond acceptors (Lipinski definition) is 4. The number of benzene rings is 1. The zero-order chi connectivity index (χ0) is 10.1. The van der Waals surface area contributed by atoms with Crippen molar-refractivity contribution in [2.24, 2.45) is 0 Å². The first-order valence-electron chi connectivity index (χ1n) is 4.58. The molecule has 2 rings (SSSR count). The van der Waals surface area contributed by atoms with Gasteiger partial charge in [0.25, 0.3) is 6.01 Å². The molecule has 0 radical (unpaired) electrons. The fourth-order valence-corrected chi connectivity index (χ4v) is 1.26. The van der Waals surface area contributed by atoms with E-state index in [1.807, 2.05) is 37.1 Å². The number of nitrogens with zero attached hydrogens (tertiary/aromatic N) is 2. The summed E-state index contributed by atoms with van der Waals surface area (Å²) in [6, 6.07) is 6.16. The molecular weight excluding hydrogens is 178 g/mol. The van der Waals surface area contributed by atoms with Crippen LogP contribution in [0.25, 0.3) is 11.1 Å². The fraction of sp³-hybridized carbons (Fsp3) is 0.300. The van der Waals surface area contributed by atoms with Crippen LogP contribution in [0, 0.1) is 0 Å². The van der Waals surface area contributed by atoms with Crippen LogP contribution in [-0.4, -0.2) is 18.6 Å². The van der Waals surface area contributed by atoms with Crippen molar-refractivity contribution in [3.8, 4) is 0 Å². The maximum Gasteiger partial charge on any atom is 0.298 e. The molecule has 0 amide bonds. The molecule has 0 unspecified atom stereocenters. The third-order valence-electron chi connectivity index (χ3n) is 2.24. The number of nitrogens with two attached hydrogens (primary N) is 1. The van der Waals surface area contributed by atoms with E-state index in [0.717, 1.165) is 17.6 Å². The van der Waals surface area contributed by atoms with Crippen molar-refractivity contribution in [2.75, 3.05) is 24.2 Å². The molecule has 0 spiro atoms. The minimum Gasteiger partial charge on any atom is -0.423 e. The molecule has 0 bridgehead atoms. The average Bonchev–Trinajstić information content (AvgIpc) is 2.62. The number of hydrogen-bond donors (Lipinski definition) is 1. The Morgan fingerprint density at radius 2 is 2.29 bits per heavy atom. The van der Waals surface area contributed by atoms with E-state index in [1.54, 1.807) is 0 Å². The number of aromatic nitrogens is 1. The van der Waals surface area contributed by atoms with Gasteiger partial charge < -0.3 is 15.1 Å². The molecule has 0 fully saturated rings. The van der Waals surface area contributed by atoms with Gasteiger partial charge in [-0.25, -0.2) is 0 Å². The van der Waals surface area contributed by atoms with E-state index < -0.39 is 0 Å². The van der Waals surface area contributed by atoms with Crippen LogP contribution in [-0.2, 0) is 0 Å². The van der Waals surface area contributed by atoms with E-state index >= 15 is 0 Å². The van der Waals surface area contributed by atoms with Gasteiger partial charge in [-0.3, -0.25) is 0 Å². The van der Waals surface area contributed by atoms with Gasteiger partial charge in [-0.15, -0.1) is 0 Å². The average molecular weight is 191 g/mol. The lowest BCUT2D eigenvalue weighted by atomic mass is 10.3. The number of para-hydroxylation sites is 1. The van der Waals surface area contributed by atoms with Gasteiger partial charge in [0, 0.05) is 13.6 Å². The molecule has 2 N–H and O–H groups in total. The second-order valence-corrected chi connectivity index (χ2v) is 3.20. The molecule has 0 aliphatic heterocycles. The predicted octanol–water partition coefficient (Wildman–Crippen LogP) is 1.87. The van der Waals surface area contributed by atoms with Crippen molar-refractivity contribution >= 4 is 22.8 Å². The summed E-state index contributed by atoms with van der Waals surface area (Å²) in [5, 5.41) is 0. The summed E-state index contributed by atoms with van der Waals surface area (Å²) >= 11 is 0. The van der Waals surface area contributed by atoms with Gasteiger partial charge in [0.05, 0.1) is 5.69 Å². The molecule has 0 aliphatic carbocycles. The Kier molecular flexibility index (Phi) is 2.04. The molecule has 0 saturated carbocycles. The van der Waals surface area contributed by atoms with Crippen LogP contribution in [0.5, 0.6) is 0 Å². The zero-order valence-electron chi connectivity index (χ0n) is 8.32. The van der Waals surface area contributed by atoms with Gasteiger partial charge in [0.15, 0.2) is 5.58 Å². The summed E-state index contributed by atoms with van der Waals surface area (Å²) in [6.07, 6.45) is 0. The van der Waals surface area contributed by atoms with Crippen LogP contribution in [0.3, 0.4) is 0 Å². The minimum atomic E-state index is 0.611. The van der Waals surface area contributed by atoms with E-state index in [4.69, 9.17) is 10.2 Å². The summed E-state index contributed by atoms with van der Waals surface area (Å²) in [5.41, 5.74) is 7.90. The Morgan fingerprint density at radius 1 is 1.50 bits per heavy atom. The lowest BCUT2D eigenvalue weighted by Gasteiger charge is -2.09. The third kappa shape index (κ3) is 1.28. The van der Waals surface area contributed by atoms with E-state index in [9.17, 15) is 0 Å². The van der Waals surface area contributed by atoms with Crippen molar-refractivity contribution in [1.82, 2.24) is 4.98 Å². The summed E-state index contributed by atoms with van der Waals surface area (Å²) in [4.78, 5) is 6.25. The van der Waals surface area contributed by atoms with Gasteiger partial charge in [-0.05, 0) is 19.1 Å². The fourth-order valence-electron chi connectivity index (χ4n) is 1.26. The van der Waals surface area contributed by atoms with Gasteiger partial charge in [-0.1, -0.05) is 6.07 Å². The number of nitrogen functional groups attached to an aromatic ring is 1. The first kappa shape index (κ1) is 8.87. The molecule has 74 valence electrons. The van der Waals surface area contributed by atoms with Crippen molar-refractivity contribution in [2.45, 2.75) is 6.92 Å². The number of anilines is 2. The van der Waals surface area contributed by atoms with Crippen LogP contribution in [0.15, 0.2) is 22.6 Å². The highest BCUT2D eigenvalue weighted by Crippen LogP contribution is 2.24. The van der Waals surface area contributed by atoms with E-state index in [2.05, 4.69) is 4.98 Å². The molecule has 0 atom stereocenters. The molecule has 1 heterocycles. The van der Waals surface area contributed by atoms with Crippen molar-refractivity contribution in [3.05, 3.63) is 18.2 Å². The molecule has 2 aromatic rings. The molecule has 14 heavy (non-hydrogen) atoms. The standard InChI is InChI=1S/C10H13N3O/c1-3-13(2)10-12-9-7(11)5-4-6-8(9)14-10/h4-6H,3,11H2,1-2H3. The first-order valence-corrected chi connectivity index (χ1v) is 4.58. The SMILES string of the molecule is CCN(C)c1nc2c(N)cccc2o1. The lowest BCUT2D eigenvalue weighted by molar-refractivity contribution is 0.587. The van der Waals surface area contributed by atoms with E-state index in [1.165, 1.54) is 0 Å². The summed E-state index contributed by atoms with van der Waals surface area (Å²) < 4.78 is 5.54. The normalized spacial score (nSPS) is 10.7. The quantitative estimate of drug-likeness (QED) is 0.736. The van der Waals surface area contributed by atoms with Gasteiger partial charge >= 0.3 is 0 Å². The largest absolute Gasteiger partial charge is 0.423 e. The van der Waals surface area contributed by atoms with Crippen molar-refractivity contribution in [3.63, 3.8) is 0 Å². The number of rotatable bonds is 2. The Bertz CT molecular complexity index is 450. The van der Waals surface area contributed by atoms with Gasteiger partial charge in [0.2, 0.25) is 0 Å². The van der Waals surface area contributed by atoms with Gasteiger partial charge in [0.1, 0.15) is 5.52 Å². The molecule has 0 aliphatic rings. The van der Waals surface area contributed by atoms with E-state index in [-0.39, 0.29) is 0 Å². The second-order valence-electron chi connectivity index (χ2n) is 3.20. The Balaban J connectivity index is 2.56. The maximum atomic E-state index is 5.77. The zero-order valence-corrected chi connectivity index (χ0v) is 8.32. The third-order valence-corrected chi connectivity index (χ3v) is 2.24. The summed E-state index contributed by atoms with van der Waals surface area (Å²) in [6.45, 7) is 2.89. The molecular formula is C10H13N3O. The smallest absolute Gasteiger partial charge is 0.298 e. The van der Waals surface area contributed by atoms with Crippen molar-refractivity contribution in [1.29, 1.82) is 0 Å². The lowest BCUT2D eigenvalue weighted by Crippen LogP contribution is -2.15. The molecule has 1 aromatic carbocycles. The molecule has 0 saturated heterocycles. The molecule has 1 aromatic heterocycles. The topological polar surface area (TPSA) is 55.3 Å². The minimum absolute atomic E-state index is 0.611. The number of fused-ring (bicyclic) bond motifs is 1. The Hall–Kier alpha value is -1.71. The highest BCUT2D eigenvalue weighted by atomic mass is 16.4. The maximum absolute atomic E-state index is 5.77. The summed E-state index contributed by atoms with van der Waals surface area (Å²) in [7, 11) is 1.93. The number of oxazole rings is 1. The molecule has 4 nitrogen and oxygen atoms in total. The highest BCUT2D eigenvalue weighted by Gasteiger charge is 2.09. The Labute approximate surface area is 82.3 Å². The van der Waals surface area contributed by atoms with Crippen molar-refractivity contribution < 1.29 is 4.42 Å². The van der Waals surface area contributed by atoms with E-state index in [0.29, 0.717) is 11.7 Å². The summed E-state index contributed by atoms with van der Waals surface area (Å²) in [5.74, 6) is 0. The Morgan fingerprint density at radius 3 is 2.93 bits per heavy atom. The van der Waals surface area contributed by atoms with Crippen LogP contribution in [0.4, 0.5) is 11.7 Å². The monoisotopic (exact) mass is 191 g/mol. The first-order chi connectivity index (χ1) is 6.72. The van der Waals surface area contributed by atoms with Crippen LogP contribution in [0.1, 0.15) is 6.92 Å². The second kappa shape index (κ2) is 3.21. The van der Waals surface area contributed by atoms with Crippen LogP contribution < -0.4 is 10.6 Å². The predicted molar refractivity (Wildman–Crippen MR) is 57.4 cm³/mol.